The highest BCUT2D eigenvalue weighted by Crippen LogP contribution is 2.51. The average Bonchev–Trinajstić information content (AvgIpc) is 3.60. The number of allylic oxidation sites excluding steroid dienone is 5. The van der Waals surface area contributed by atoms with Crippen LogP contribution in [0.15, 0.2) is 133 Å². The van der Waals surface area contributed by atoms with Gasteiger partial charge in [-0.1, -0.05) is 129 Å². The lowest BCUT2D eigenvalue weighted by Crippen LogP contribution is -2.20. The van der Waals surface area contributed by atoms with E-state index in [1.165, 1.54) is 93.3 Å². The smallest absolute Gasteiger partial charge is 0.0792 e. The Morgan fingerprint density at radius 3 is 2.17 bits per heavy atom. The molecule has 1 saturated carbocycles. The Balaban J connectivity index is 0.00000114. The van der Waals surface area contributed by atoms with Crippen LogP contribution in [0.25, 0.3) is 44.3 Å². The first kappa shape index (κ1) is 37.2. The van der Waals surface area contributed by atoms with Gasteiger partial charge in [-0.2, -0.15) is 0 Å². The van der Waals surface area contributed by atoms with Crippen LogP contribution in [0.4, 0.5) is 0 Å². The summed E-state index contributed by atoms with van der Waals surface area (Å²) in [4.78, 5) is 5.06. The molecule has 1 aromatic heterocycles. The quantitative estimate of drug-likeness (QED) is 0.108. The third-order valence-electron chi connectivity index (χ3n) is 11.0. The molecule has 0 aliphatic heterocycles. The molecule has 5 aromatic rings. The fraction of sp³-hybridized carbons (Fsp3) is 0.275. The van der Waals surface area contributed by atoms with E-state index in [0.29, 0.717) is 11.8 Å². The Labute approximate surface area is 318 Å². The van der Waals surface area contributed by atoms with Gasteiger partial charge in [0.15, 0.2) is 0 Å². The van der Waals surface area contributed by atoms with Crippen LogP contribution in [-0.4, -0.2) is 4.98 Å². The zero-order valence-electron chi connectivity index (χ0n) is 31.7. The molecular formula is C51H52N2. The number of aryl methyl sites for hydroxylation is 1. The summed E-state index contributed by atoms with van der Waals surface area (Å²) in [7, 11) is 0. The molecule has 0 radical (unpaired) electrons. The molecule has 1 N–H and O–H groups in total. The van der Waals surface area contributed by atoms with Gasteiger partial charge in [-0.15, -0.1) is 12.8 Å². The molecular weight excluding hydrogens is 641 g/mol. The first-order valence-corrected chi connectivity index (χ1v) is 19.4. The van der Waals surface area contributed by atoms with Crippen LogP contribution in [0.3, 0.4) is 0 Å². The molecule has 53 heavy (non-hydrogen) atoms. The van der Waals surface area contributed by atoms with Crippen LogP contribution in [-0.2, 0) is 12.8 Å². The van der Waals surface area contributed by atoms with E-state index >= 15 is 0 Å². The fourth-order valence-electron chi connectivity index (χ4n) is 8.38. The first-order chi connectivity index (χ1) is 26.1. The van der Waals surface area contributed by atoms with Crippen molar-refractivity contribution in [3.63, 3.8) is 0 Å². The summed E-state index contributed by atoms with van der Waals surface area (Å²) < 4.78 is 0. The number of terminal acetylenes is 2. The summed E-state index contributed by atoms with van der Waals surface area (Å²) in [6.45, 7) is 6.86. The van der Waals surface area contributed by atoms with E-state index in [1.54, 1.807) is 5.57 Å². The van der Waals surface area contributed by atoms with E-state index in [0.717, 1.165) is 31.2 Å². The average molecular weight is 693 g/mol. The van der Waals surface area contributed by atoms with Crippen molar-refractivity contribution >= 4 is 10.9 Å². The van der Waals surface area contributed by atoms with Crippen LogP contribution in [0.1, 0.15) is 82.4 Å². The van der Waals surface area contributed by atoms with E-state index in [9.17, 15) is 0 Å². The summed E-state index contributed by atoms with van der Waals surface area (Å²) in [6.07, 6.45) is 31.1. The van der Waals surface area contributed by atoms with Gasteiger partial charge in [0.05, 0.1) is 5.52 Å². The highest BCUT2D eigenvalue weighted by atomic mass is 14.9. The number of benzene rings is 4. The van der Waals surface area contributed by atoms with Crippen LogP contribution in [0, 0.1) is 36.5 Å². The summed E-state index contributed by atoms with van der Waals surface area (Å²) in [5.74, 6) is 4.88. The van der Waals surface area contributed by atoms with Crippen molar-refractivity contribution in [2.45, 2.75) is 78.6 Å². The van der Waals surface area contributed by atoms with Gasteiger partial charge >= 0.3 is 0 Å². The number of nitrogens with one attached hydrogen (secondary N) is 1. The zero-order chi connectivity index (χ0) is 37.0. The van der Waals surface area contributed by atoms with Crippen molar-refractivity contribution < 1.29 is 0 Å². The van der Waals surface area contributed by atoms with Crippen molar-refractivity contribution in [2.24, 2.45) is 11.8 Å². The van der Waals surface area contributed by atoms with Gasteiger partial charge in [-0.05, 0) is 133 Å². The lowest BCUT2D eigenvalue weighted by atomic mass is 9.85. The van der Waals surface area contributed by atoms with E-state index in [-0.39, 0.29) is 0 Å². The van der Waals surface area contributed by atoms with E-state index in [4.69, 9.17) is 4.98 Å². The molecule has 4 aromatic carbocycles. The normalized spacial score (nSPS) is 14.7. The van der Waals surface area contributed by atoms with E-state index in [2.05, 4.69) is 154 Å². The monoisotopic (exact) mass is 692 g/mol. The summed E-state index contributed by atoms with van der Waals surface area (Å²) in [5.41, 5.74) is 16.2. The van der Waals surface area contributed by atoms with Crippen molar-refractivity contribution in [2.75, 3.05) is 0 Å². The second-order valence-electron chi connectivity index (χ2n) is 14.2. The van der Waals surface area contributed by atoms with Gasteiger partial charge in [0.25, 0.3) is 0 Å². The molecule has 2 nitrogen and oxygen atoms in total. The van der Waals surface area contributed by atoms with E-state index in [1.807, 2.05) is 18.0 Å². The highest BCUT2D eigenvalue weighted by molar-refractivity contribution is 6.12. The number of nitrogens with zero attached hydrogens (tertiary/aromatic N) is 1. The lowest BCUT2D eigenvalue weighted by molar-refractivity contribution is 0.457. The predicted molar refractivity (Wildman–Crippen MR) is 227 cm³/mol. The van der Waals surface area contributed by atoms with Crippen LogP contribution in [0.5, 0.6) is 0 Å². The maximum atomic E-state index is 5.06. The number of pyridine rings is 1. The predicted octanol–water partition coefficient (Wildman–Crippen LogP) is 12.9. The molecule has 1 heterocycles. The third kappa shape index (κ3) is 8.40. The molecule has 2 heteroatoms. The van der Waals surface area contributed by atoms with Gasteiger partial charge in [0, 0.05) is 28.8 Å². The molecule has 2 unspecified atom stereocenters. The maximum Gasteiger partial charge on any atom is 0.0792 e. The molecule has 0 saturated heterocycles. The second kappa shape index (κ2) is 18.3. The maximum absolute atomic E-state index is 5.06. The minimum atomic E-state index is 0.439. The largest absolute Gasteiger partial charge is 0.365 e. The highest BCUT2D eigenvalue weighted by Gasteiger charge is 2.30. The van der Waals surface area contributed by atoms with Gasteiger partial charge in [-0.25, -0.2) is 0 Å². The summed E-state index contributed by atoms with van der Waals surface area (Å²) >= 11 is 0. The van der Waals surface area contributed by atoms with E-state index < -0.39 is 0 Å². The minimum absolute atomic E-state index is 0.439. The molecule has 2 aliphatic rings. The van der Waals surface area contributed by atoms with Crippen molar-refractivity contribution in [1.29, 1.82) is 0 Å². The molecule has 0 bridgehead atoms. The molecule has 0 spiro atoms. The van der Waals surface area contributed by atoms with Gasteiger partial charge in [0.1, 0.15) is 0 Å². The Morgan fingerprint density at radius 2 is 1.51 bits per heavy atom. The van der Waals surface area contributed by atoms with Crippen molar-refractivity contribution in [3.8, 4) is 58.1 Å². The molecule has 0 amide bonds. The van der Waals surface area contributed by atoms with Gasteiger partial charge in [-0.3, -0.25) is 4.98 Å². The number of hydrogen-bond donors (Lipinski definition) is 1. The van der Waals surface area contributed by atoms with Crippen molar-refractivity contribution in [3.05, 3.63) is 150 Å². The number of fused-ring (bicyclic) bond motifs is 4. The molecule has 266 valence electrons. The Hall–Kier alpha value is -5.57. The van der Waals surface area contributed by atoms with Gasteiger partial charge in [0.2, 0.25) is 0 Å². The van der Waals surface area contributed by atoms with Crippen LogP contribution in [0.2, 0.25) is 0 Å². The van der Waals surface area contributed by atoms with Crippen LogP contribution >= 0.6 is 0 Å². The Morgan fingerprint density at radius 1 is 0.811 bits per heavy atom. The molecule has 2 aliphatic carbocycles. The SMILES string of the molecule is C#CC#C.C/C=C\C(CC)C(C)/C(=C\CCc1cccc2c1Cc1c-2c(-c2ccccc2)c2ncccc2c1-c1ccccc1)NC=C1CCCCC1. The minimum Gasteiger partial charge on any atom is -0.365 e. The number of rotatable bonds is 11. The first-order valence-electron chi connectivity index (χ1n) is 19.4. The second-order valence-corrected chi connectivity index (χ2v) is 14.2. The topological polar surface area (TPSA) is 24.9 Å². The van der Waals surface area contributed by atoms with Crippen LogP contribution < -0.4 is 5.32 Å². The Bertz CT molecular complexity index is 2170. The lowest BCUT2D eigenvalue weighted by Gasteiger charge is -2.24. The Kier molecular flexibility index (Phi) is 12.8. The fourth-order valence-corrected chi connectivity index (χ4v) is 8.38. The zero-order valence-corrected chi connectivity index (χ0v) is 31.7. The standard InChI is InChI=1S/C47H50N2.C4H2/c1-4-18-35(5-2)33(3)43(49-32-34-19-9-6-10-20-34)29-16-26-36-25-15-27-39-41(36)31-42-44(37-21-11-7-12-22-37)40-28-17-30-48-47(40)45(46(39)42)38-23-13-8-14-24-38;1-3-4-2/h4,7-8,11-15,17-18,21-25,27-30,32-33,35,49H,5-6,9-10,16,19-20,26,31H2,1-3H3;1-2H/b18-4-,43-29+;. The summed E-state index contributed by atoms with van der Waals surface area (Å²) in [5, 5.41) is 5.07. The van der Waals surface area contributed by atoms with Crippen molar-refractivity contribution in [1.82, 2.24) is 10.3 Å². The van der Waals surface area contributed by atoms with Gasteiger partial charge < -0.3 is 5.32 Å². The summed E-state index contributed by atoms with van der Waals surface area (Å²) in [6, 6.07) is 33.2. The number of hydrogen-bond acceptors (Lipinski definition) is 2. The molecule has 1 fully saturated rings. The molecule has 7 rings (SSSR count). The third-order valence-corrected chi connectivity index (χ3v) is 11.0. The number of aromatic nitrogens is 1. The molecule has 2 atom stereocenters.